The number of nitrogens with two attached hydrogens (primary N) is 1. The van der Waals surface area contributed by atoms with Crippen LogP contribution in [0.2, 0.25) is 0 Å². The minimum atomic E-state index is -0.241. The third kappa shape index (κ3) is 3.35. The minimum absolute atomic E-state index is 0.177. The van der Waals surface area contributed by atoms with Crippen molar-refractivity contribution in [2.45, 2.75) is 43.6 Å². The van der Waals surface area contributed by atoms with Crippen molar-refractivity contribution in [1.82, 2.24) is 0 Å². The summed E-state index contributed by atoms with van der Waals surface area (Å²) in [7, 11) is 0. The monoisotopic (exact) mass is 263 g/mol. The lowest BCUT2D eigenvalue weighted by atomic mass is 9.71. The number of ether oxygens (including phenoxy) is 1. The van der Waals surface area contributed by atoms with E-state index in [4.69, 9.17) is 15.6 Å². The number of aliphatic hydroxyl groups is 1. The molecule has 0 spiro atoms. The lowest BCUT2D eigenvalue weighted by Crippen LogP contribution is -2.48. The van der Waals surface area contributed by atoms with Crippen molar-refractivity contribution in [2.24, 2.45) is 5.73 Å². The van der Waals surface area contributed by atoms with Gasteiger partial charge < -0.3 is 15.6 Å². The van der Waals surface area contributed by atoms with Crippen molar-refractivity contribution in [1.29, 1.82) is 0 Å². The van der Waals surface area contributed by atoms with E-state index in [1.807, 2.05) is 6.07 Å². The van der Waals surface area contributed by atoms with Crippen molar-refractivity contribution in [2.75, 3.05) is 19.8 Å². The number of benzene rings is 1. The summed E-state index contributed by atoms with van der Waals surface area (Å²) in [6.07, 6.45) is 5.27. The van der Waals surface area contributed by atoms with Gasteiger partial charge >= 0.3 is 0 Å². The van der Waals surface area contributed by atoms with Crippen LogP contribution in [-0.2, 0) is 4.74 Å². The van der Waals surface area contributed by atoms with Crippen LogP contribution in [-0.4, -0.2) is 30.5 Å². The quantitative estimate of drug-likeness (QED) is 0.775. The minimum Gasteiger partial charge on any atom is -0.396 e. The van der Waals surface area contributed by atoms with Crippen LogP contribution >= 0.6 is 0 Å². The van der Waals surface area contributed by atoms with Gasteiger partial charge in [0.25, 0.3) is 0 Å². The highest BCUT2D eigenvalue weighted by Gasteiger charge is 2.41. The molecule has 0 bridgehead atoms. The normalized spacial score (nSPS) is 27.4. The Balaban J connectivity index is 2.17. The molecule has 3 nitrogen and oxygen atoms in total. The van der Waals surface area contributed by atoms with Crippen LogP contribution in [0.4, 0.5) is 0 Å². The van der Waals surface area contributed by atoms with Gasteiger partial charge in [0, 0.05) is 25.7 Å². The molecule has 106 valence electrons. The maximum absolute atomic E-state index is 8.92. The van der Waals surface area contributed by atoms with Gasteiger partial charge in [-0.05, 0) is 24.8 Å². The van der Waals surface area contributed by atoms with E-state index in [9.17, 15) is 0 Å². The van der Waals surface area contributed by atoms with Gasteiger partial charge in [-0.15, -0.1) is 0 Å². The summed E-state index contributed by atoms with van der Waals surface area (Å²) in [6, 6.07) is 10.6. The molecule has 0 radical (unpaired) electrons. The molecule has 0 heterocycles. The molecule has 2 unspecified atom stereocenters. The van der Waals surface area contributed by atoms with Crippen LogP contribution < -0.4 is 5.73 Å². The molecular formula is C16H25NO2. The van der Waals surface area contributed by atoms with Gasteiger partial charge in [0.05, 0.1) is 5.60 Å². The van der Waals surface area contributed by atoms with Gasteiger partial charge in [-0.3, -0.25) is 0 Å². The van der Waals surface area contributed by atoms with Crippen LogP contribution in [0.15, 0.2) is 30.3 Å². The summed E-state index contributed by atoms with van der Waals surface area (Å²) in [6.45, 7) is 1.33. The smallest absolute Gasteiger partial charge is 0.0872 e. The zero-order chi connectivity index (χ0) is 13.6. The number of hydrogen-bond acceptors (Lipinski definition) is 3. The Bertz CT molecular complexity index is 368. The molecule has 3 N–H and O–H groups in total. The number of hydrogen-bond donors (Lipinski definition) is 2. The van der Waals surface area contributed by atoms with Gasteiger partial charge in [0.2, 0.25) is 0 Å². The first kappa shape index (κ1) is 14.5. The summed E-state index contributed by atoms with van der Waals surface area (Å²) >= 11 is 0. The van der Waals surface area contributed by atoms with Crippen molar-refractivity contribution in [3.05, 3.63) is 35.9 Å². The van der Waals surface area contributed by atoms with E-state index in [2.05, 4.69) is 24.3 Å². The van der Waals surface area contributed by atoms with Crippen LogP contribution in [0.1, 0.15) is 43.6 Å². The van der Waals surface area contributed by atoms with Crippen molar-refractivity contribution < 1.29 is 9.84 Å². The molecule has 1 aliphatic carbocycles. The predicted molar refractivity (Wildman–Crippen MR) is 77.1 cm³/mol. The zero-order valence-electron chi connectivity index (χ0n) is 11.6. The van der Waals surface area contributed by atoms with E-state index in [1.54, 1.807) is 0 Å². The molecule has 2 atom stereocenters. The summed E-state index contributed by atoms with van der Waals surface area (Å²) in [4.78, 5) is 0. The average Bonchev–Trinajstić information content (AvgIpc) is 2.49. The highest BCUT2D eigenvalue weighted by molar-refractivity contribution is 5.24. The maximum atomic E-state index is 8.92. The Kier molecular flexibility index (Phi) is 5.37. The zero-order valence-corrected chi connectivity index (χ0v) is 11.6. The molecular weight excluding hydrogens is 238 g/mol. The lowest BCUT2D eigenvalue weighted by Gasteiger charge is -2.43. The van der Waals surface area contributed by atoms with Gasteiger partial charge in [0.15, 0.2) is 0 Å². The number of aliphatic hydroxyl groups excluding tert-OH is 1. The molecule has 2 rings (SSSR count). The molecule has 1 aromatic carbocycles. The largest absolute Gasteiger partial charge is 0.396 e. The second-order valence-corrected chi connectivity index (χ2v) is 5.40. The van der Waals surface area contributed by atoms with E-state index in [-0.39, 0.29) is 12.2 Å². The van der Waals surface area contributed by atoms with Gasteiger partial charge in [-0.2, -0.15) is 0 Å². The van der Waals surface area contributed by atoms with Crippen molar-refractivity contribution >= 4 is 0 Å². The Labute approximate surface area is 115 Å². The SMILES string of the molecule is NCC1(OCCCO)CCCCC1c1ccccc1. The van der Waals surface area contributed by atoms with E-state index >= 15 is 0 Å². The van der Waals surface area contributed by atoms with E-state index in [1.165, 1.54) is 18.4 Å². The van der Waals surface area contributed by atoms with Crippen LogP contribution in [0, 0.1) is 0 Å². The van der Waals surface area contributed by atoms with Gasteiger partial charge in [-0.1, -0.05) is 43.2 Å². The molecule has 0 saturated heterocycles. The first-order valence-corrected chi connectivity index (χ1v) is 7.32. The molecule has 1 saturated carbocycles. The molecule has 0 aromatic heterocycles. The summed E-state index contributed by atoms with van der Waals surface area (Å²) in [5, 5.41) is 8.92. The molecule has 1 aliphatic rings. The first-order chi connectivity index (χ1) is 9.32. The Morgan fingerprint density at radius 3 is 2.74 bits per heavy atom. The predicted octanol–water partition coefficient (Wildman–Crippen LogP) is 2.44. The second kappa shape index (κ2) is 7.04. The van der Waals surface area contributed by atoms with Crippen LogP contribution in [0.3, 0.4) is 0 Å². The van der Waals surface area contributed by atoms with Gasteiger partial charge in [0.1, 0.15) is 0 Å². The third-order valence-corrected chi connectivity index (χ3v) is 4.22. The molecule has 0 amide bonds. The fourth-order valence-electron chi connectivity index (χ4n) is 3.18. The Morgan fingerprint density at radius 1 is 1.26 bits per heavy atom. The first-order valence-electron chi connectivity index (χ1n) is 7.32. The second-order valence-electron chi connectivity index (χ2n) is 5.40. The van der Waals surface area contributed by atoms with E-state index < -0.39 is 0 Å². The number of rotatable bonds is 6. The lowest BCUT2D eigenvalue weighted by molar-refractivity contribution is -0.0815. The molecule has 1 fully saturated rings. The fraction of sp³-hybridized carbons (Fsp3) is 0.625. The highest BCUT2D eigenvalue weighted by atomic mass is 16.5. The summed E-state index contributed by atoms with van der Waals surface area (Å²) in [5.41, 5.74) is 7.15. The summed E-state index contributed by atoms with van der Waals surface area (Å²) in [5.74, 6) is 0.381. The highest BCUT2D eigenvalue weighted by Crippen LogP contribution is 2.42. The molecule has 3 heteroatoms. The van der Waals surface area contributed by atoms with Crippen LogP contribution in [0.5, 0.6) is 0 Å². The summed E-state index contributed by atoms with van der Waals surface area (Å²) < 4.78 is 6.14. The Morgan fingerprint density at radius 2 is 2.05 bits per heavy atom. The van der Waals surface area contributed by atoms with E-state index in [0.29, 0.717) is 25.5 Å². The topological polar surface area (TPSA) is 55.5 Å². The Hall–Kier alpha value is -0.900. The van der Waals surface area contributed by atoms with E-state index in [0.717, 1.165) is 12.8 Å². The maximum Gasteiger partial charge on any atom is 0.0872 e. The van der Waals surface area contributed by atoms with Crippen LogP contribution in [0.25, 0.3) is 0 Å². The molecule has 0 aliphatic heterocycles. The molecule has 19 heavy (non-hydrogen) atoms. The van der Waals surface area contributed by atoms with Crippen molar-refractivity contribution in [3.8, 4) is 0 Å². The third-order valence-electron chi connectivity index (χ3n) is 4.22. The fourth-order valence-corrected chi connectivity index (χ4v) is 3.18. The standard InChI is InChI=1S/C16H25NO2/c17-13-16(19-12-6-11-18)10-5-4-9-15(16)14-7-2-1-3-8-14/h1-3,7-8,15,18H,4-6,9-13,17H2. The molecule has 1 aromatic rings. The van der Waals surface area contributed by atoms with Crippen molar-refractivity contribution in [3.63, 3.8) is 0 Å². The average molecular weight is 263 g/mol. The van der Waals surface area contributed by atoms with Gasteiger partial charge in [-0.25, -0.2) is 0 Å².